The van der Waals surface area contributed by atoms with Crippen LogP contribution in [0.5, 0.6) is 0 Å². The molecule has 4 aromatic carbocycles. The number of fused-ring (bicyclic) bond motifs is 10. The molecule has 2 N–H and O–H groups in total. The molecule has 272 valence electrons. The van der Waals surface area contributed by atoms with Gasteiger partial charge in [-0.25, -0.2) is 9.97 Å². The van der Waals surface area contributed by atoms with Crippen LogP contribution in [0.4, 0.5) is 0 Å². The molecule has 9 rings (SSSR count). The Labute approximate surface area is 318 Å². The summed E-state index contributed by atoms with van der Waals surface area (Å²) < 4.78 is 0. The summed E-state index contributed by atoms with van der Waals surface area (Å²) in [5.74, 6) is 0. The number of nitrogens with one attached hydrogen (secondary N) is 2. The second-order valence-electron chi connectivity index (χ2n) is 19.9. The third-order valence-electron chi connectivity index (χ3n) is 11.7. The van der Waals surface area contributed by atoms with E-state index in [1.807, 2.05) is 0 Å². The number of rotatable bonds is 0. The normalized spacial score (nSPS) is 13.6. The summed E-state index contributed by atoms with van der Waals surface area (Å²) in [5, 5.41) is 9.34. The number of nitrogens with zero attached hydrogens (tertiary/aromatic N) is 2. The molecule has 0 atom stereocenters. The Morgan fingerprint density at radius 1 is 0.315 bits per heavy atom. The number of hydrogen-bond acceptors (Lipinski definition) is 2. The number of pyridine rings is 2. The van der Waals surface area contributed by atoms with Crippen LogP contribution in [-0.4, -0.2) is 19.9 Å². The van der Waals surface area contributed by atoms with Crippen LogP contribution in [0.1, 0.15) is 105 Å². The van der Waals surface area contributed by atoms with Crippen LogP contribution in [0.25, 0.3) is 87.2 Å². The molecule has 0 saturated heterocycles. The van der Waals surface area contributed by atoms with Gasteiger partial charge in [-0.15, -0.1) is 0 Å². The van der Waals surface area contributed by atoms with Crippen molar-refractivity contribution in [1.82, 2.24) is 19.9 Å². The summed E-state index contributed by atoms with van der Waals surface area (Å²) in [4.78, 5) is 19.1. The first-order valence-corrected chi connectivity index (χ1v) is 19.5. The third-order valence-corrected chi connectivity index (χ3v) is 11.7. The highest BCUT2D eigenvalue weighted by atomic mass is 14.8. The summed E-state index contributed by atoms with van der Waals surface area (Å²) >= 11 is 0. The fraction of sp³-hybridized carbons (Fsp3) is 0.320. The van der Waals surface area contributed by atoms with Crippen LogP contribution in [0.15, 0.2) is 84.9 Å². The van der Waals surface area contributed by atoms with Crippen LogP contribution in [0.2, 0.25) is 0 Å². The summed E-state index contributed by atoms with van der Waals surface area (Å²) in [7, 11) is 0. The van der Waals surface area contributed by atoms with Crippen molar-refractivity contribution in [2.45, 2.75) is 105 Å². The molecule has 0 unspecified atom stereocenters. The lowest BCUT2D eigenvalue weighted by Crippen LogP contribution is -2.11. The highest BCUT2D eigenvalue weighted by Crippen LogP contribution is 2.42. The first kappa shape index (κ1) is 34.5. The maximum atomic E-state index is 5.56. The Kier molecular flexibility index (Phi) is 7.14. The number of hydrogen-bond donors (Lipinski definition) is 2. The van der Waals surface area contributed by atoms with Crippen molar-refractivity contribution in [1.29, 1.82) is 0 Å². The SMILES string of the molecule is CC(C)(C)c1cc2c3cccc(n3)c3cc(C(C)(C)C)cc4c5cc(C(C)(C)C)cc(c6cccc(n6)c6cc(C(C)(C)C)cc7c(c1)c2[nH]c67)c5[nH]c34. The van der Waals surface area contributed by atoms with Crippen LogP contribution < -0.4 is 0 Å². The molecule has 0 spiro atoms. The smallest absolute Gasteiger partial charge is 0.0730 e. The van der Waals surface area contributed by atoms with Gasteiger partial charge in [0.05, 0.1) is 44.1 Å². The zero-order valence-electron chi connectivity index (χ0n) is 34.0. The van der Waals surface area contributed by atoms with Crippen molar-refractivity contribution in [3.8, 4) is 0 Å². The van der Waals surface area contributed by atoms with Crippen molar-refractivity contribution in [2.24, 2.45) is 0 Å². The maximum Gasteiger partial charge on any atom is 0.0730 e. The lowest BCUT2D eigenvalue weighted by Gasteiger charge is -2.21. The summed E-state index contributed by atoms with van der Waals surface area (Å²) in [6, 6.07) is 32.1. The Balaban J connectivity index is 1.64. The van der Waals surface area contributed by atoms with Crippen LogP contribution in [-0.2, 0) is 21.7 Å². The fourth-order valence-electron chi connectivity index (χ4n) is 8.22. The molecule has 0 saturated carbocycles. The first-order valence-electron chi connectivity index (χ1n) is 19.5. The largest absolute Gasteiger partial charge is 0.353 e. The number of aromatic amines is 2. The van der Waals surface area contributed by atoms with Crippen molar-refractivity contribution in [3.05, 3.63) is 107 Å². The lowest BCUT2D eigenvalue weighted by atomic mass is 9.83. The van der Waals surface area contributed by atoms with Gasteiger partial charge in [0.1, 0.15) is 0 Å². The van der Waals surface area contributed by atoms with Crippen LogP contribution in [0.3, 0.4) is 0 Å². The molecular weight excluding hydrogens is 657 g/mol. The Bertz CT molecular complexity index is 2660. The van der Waals surface area contributed by atoms with E-state index in [1.54, 1.807) is 0 Å². The van der Waals surface area contributed by atoms with E-state index in [2.05, 4.69) is 178 Å². The van der Waals surface area contributed by atoms with Gasteiger partial charge >= 0.3 is 0 Å². The molecule has 8 bridgehead atoms. The zero-order chi connectivity index (χ0) is 38.3. The summed E-state index contributed by atoms with van der Waals surface area (Å²) in [6.45, 7) is 27.6. The highest BCUT2D eigenvalue weighted by Gasteiger charge is 2.24. The van der Waals surface area contributed by atoms with Gasteiger partial charge in [-0.2, -0.15) is 0 Å². The standard InChI is InChI=1S/C50H52N4/c1-47(2,3)27-19-31-32-20-28(48(4,5)6)24-36-41-17-14-18-42(52-41)38-26-30(50(10,11)12)22-34-33-21-29(49(7,8)9)25-37(45(33)54-46(34)38)40-16-13-15-39(51-40)35(23-27)43(31)53-44(32)36/h13-26,53-54H,1-12H3. The van der Waals surface area contributed by atoms with Crippen molar-refractivity contribution in [2.75, 3.05) is 0 Å². The maximum absolute atomic E-state index is 5.56. The summed E-state index contributed by atoms with van der Waals surface area (Å²) in [5.41, 5.74) is 13.1. The van der Waals surface area contributed by atoms with Crippen LogP contribution >= 0.6 is 0 Å². The van der Waals surface area contributed by atoms with E-state index >= 15 is 0 Å². The van der Waals surface area contributed by atoms with E-state index in [4.69, 9.17) is 9.97 Å². The van der Waals surface area contributed by atoms with Crippen molar-refractivity contribution < 1.29 is 0 Å². The quantitative estimate of drug-likeness (QED) is 0.165. The van der Waals surface area contributed by atoms with Gasteiger partial charge in [0.2, 0.25) is 0 Å². The Morgan fingerprint density at radius 3 is 0.722 bits per heavy atom. The molecule has 0 aliphatic heterocycles. The molecule has 5 aromatic heterocycles. The first-order chi connectivity index (χ1) is 25.3. The second-order valence-corrected chi connectivity index (χ2v) is 19.9. The van der Waals surface area contributed by atoms with E-state index in [9.17, 15) is 0 Å². The molecule has 5 heterocycles. The van der Waals surface area contributed by atoms with Gasteiger partial charge in [0.15, 0.2) is 0 Å². The van der Waals surface area contributed by atoms with E-state index < -0.39 is 0 Å². The zero-order valence-corrected chi connectivity index (χ0v) is 34.0. The average molecular weight is 709 g/mol. The molecule has 0 amide bonds. The molecule has 4 heteroatoms. The molecule has 9 aromatic rings. The minimum atomic E-state index is -0.0660. The van der Waals surface area contributed by atoms with E-state index in [1.165, 1.54) is 43.8 Å². The predicted molar refractivity (Wildman–Crippen MR) is 234 cm³/mol. The minimum Gasteiger partial charge on any atom is -0.353 e. The third kappa shape index (κ3) is 5.40. The molecule has 54 heavy (non-hydrogen) atoms. The van der Waals surface area contributed by atoms with Gasteiger partial charge in [0.25, 0.3) is 0 Å². The average Bonchev–Trinajstić information content (AvgIpc) is 3.67. The molecular formula is C50H52N4. The topological polar surface area (TPSA) is 57.4 Å². The molecule has 0 fully saturated rings. The van der Waals surface area contributed by atoms with Gasteiger partial charge in [-0.1, -0.05) is 95.2 Å². The molecule has 4 nitrogen and oxygen atoms in total. The molecule has 0 aliphatic rings. The fourth-order valence-corrected chi connectivity index (χ4v) is 8.22. The van der Waals surface area contributed by atoms with E-state index in [0.717, 1.165) is 65.7 Å². The van der Waals surface area contributed by atoms with E-state index in [0.29, 0.717) is 0 Å². The second kappa shape index (κ2) is 11.2. The minimum absolute atomic E-state index is 0.0660. The lowest BCUT2D eigenvalue weighted by molar-refractivity contribution is 0.591. The molecule has 0 aliphatic carbocycles. The van der Waals surface area contributed by atoms with Crippen LogP contribution in [0, 0.1) is 0 Å². The van der Waals surface area contributed by atoms with Gasteiger partial charge in [-0.3, -0.25) is 0 Å². The van der Waals surface area contributed by atoms with Gasteiger partial charge < -0.3 is 9.97 Å². The summed E-state index contributed by atoms with van der Waals surface area (Å²) in [6.07, 6.45) is 0. The van der Waals surface area contributed by atoms with Crippen molar-refractivity contribution in [3.63, 3.8) is 0 Å². The monoisotopic (exact) mass is 708 g/mol. The number of benzene rings is 4. The molecule has 0 radical (unpaired) electrons. The van der Waals surface area contributed by atoms with Gasteiger partial charge in [-0.05, 0) is 117 Å². The Morgan fingerprint density at radius 2 is 0.519 bits per heavy atom. The van der Waals surface area contributed by atoms with E-state index in [-0.39, 0.29) is 21.7 Å². The van der Waals surface area contributed by atoms with Gasteiger partial charge in [0, 0.05) is 43.1 Å². The highest BCUT2D eigenvalue weighted by molar-refractivity contribution is 6.23. The van der Waals surface area contributed by atoms with Crippen molar-refractivity contribution >= 4 is 87.2 Å². The number of aromatic nitrogens is 4. The number of H-pyrrole nitrogens is 2. The predicted octanol–water partition coefficient (Wildman–Crippen LogP) is 14.1. The Hall–Kier alpha value is -5.22.